The normalized spacial score (nSPS) is 9.86. The molecule has 366 valence electrons. The van der Waals surface area contributed by atoms with Gasteiger partial charge in [-0.1, -0.05) is 217 Å². The van der Waals surface area contributed by atoms with Gasteiger partial charge in [0.05, 0.1) is 11.4 Å². The lowest BCUT2D eigenvalue weighted by molar-refractivity contribution is 1.21. The number of hydrogen-bond acceptors (Lipinski definition) is 2. The van der Waals surface area contributed by atoms with Crippen molar-refractivity contribution in [1.29, 1.82) is 0 Å². The number of benzene rings is 9. The average Bonchev–Trinajstić information content (AvgIpc) is 3.45. The SMILES string of the molecule is CC.CC.CC.CC.CC.CC.Cc1c(N(c2ccccc2)c2ccccc2)c(C)c2c(-c3ccccc3)c3c(C)c(C)c(N(c4ccccc4)c4ccccc4)c(C)c3c(-c3ccccc3)c2c1C. The van der Waals surface area contributed by atoms with Crippen LogP contribution in [0.5, 0.6) is 0 Å². The van der Waals surface area contributed by atoms with Crippen molar-refractivity contribution in [2.24, 2.45) is 0 Å². The first-order valence-electron chi connectivity index (χ1n) is 26.3. The van der Waals surface area contributed by atoms with Gasteiger partial charge < -0.3 is 9.80 Å². The van der Waals surface area contributed by atoms with Crippen LogP contribution in [0.25, 0.3) is 43.8 Å². The number of nitrogens with zero attached hydrogens (tertiary/aromatic N) is 2. The second kappa shape index (κ2) is 29.2. The van der Waals surface area contributed by atoms with Gasteiger partial charge in [-0.15, -0.1) is 0 Å². The van der Waals surface area contributed by atoms with E-state index >= 15 is 0 Å². The van der Waals surface area contributed by atoms with Crippen molar-refractivity contribution >= 4 is 55.7 Å². The number of fused-ring (bicyclic) bond motifs is 2. The molecule has 9 rings (SSSR count). The molecule has 2 heteroatoms. The van der Waals surface area contributed by atoms with Crippen molar-refractivity contribution in [3.05, 3.63) is 215 Å². The van der Waals surface area contributed by atoms with Gasteiger partial charge in [0.1, 0.15) is 0 Å². The van der Waals surface area contributed by atoms with Crippen LogP contribution in [0.1, 0.15) is 116 Å². The average molecular weight is 929 g/mol. The van der Waals surface area contributed by atoms with E-state index < -0.39 is 0 Å². The summed E-state index contributed by atoms with van der Waals surface area (Å²) in [6, 6.07) is 65.5. The Morgan fingerprint density at radius 1 is 0.214 bits per heavy atom. The molecule has 2 nitrogen and oxygen atoms in total. The number of anilines is 6. The number of hydrogen-bond donors (Lipinski definition) is 0. The molecule has 70 heavy (non-hydrogen) atoms. The fourth-order valence-corrected chi connectivity index (χ4v) is 9.36. The fourth-order valence-electron chi connectivity index (χ4n) is 9.36. The zero-order valence-electron chi connectivity index (χ0n) is 46.2. The van der Waals surface area contributed by atoms with Crippen molar-refractivity contribution in [3.8, 4) is 22.3 Å². The highest BCUT2D eigenvalue weighted by atomic mass is 15.2. The molecule has 0 amide bonds. The minimum Gasteiger partial charge on any atom is -0.310 e. The van der Waals surface area contributed by atoms with Gasteiger partial charge in [0.25, 0.3) is 0 Å². The highest BCUT2D eigenvalue weighted by Gasteiger charge is 2.30. The first-order chi connectivity index (χ1) is 34.4. The molecule has 9 aromatic rings. The molecule has 0 fully saturated rings. The standard InChI is InChI=1S/C56H48N2.6C2H6/c1-37-39(3)55(57(45-29-17-9-18-30-45)46-31-19-10-20-32-46)41(5)51-49(37)53(43-25-13-7-14-26-43)52-42(6)56(40(4)38(2)50(52)54(51)44-27-15-8-16-28-44)58(47-33-21-11-22-34-47)48-35-23-12-24-36-48;6*1-2/h7-36H,1-6H3;6*1-2H3. The van der Waals surface area contributed by atoms with Crippen molar-refractivity contribution in [2.45, 2.75) is 125 Å². The number of aryl methyl sites for hydroxylation is 4. The van der Waals surface area contributed by atoms with Crippen molar-refractivity contribution in [1.82, 2.24) is 0 Å². The van der Waals surface area contributed by atoms with E-state index in [2.05, 4.69) is 233 Å². The Balaban J connectivity index is 0.00000101. The van der Waals surface area contributed by atoms with Gasteiger partial charge in [0, 0.05) is 22.7 Å². The lowest BCUT2D eigenvalue weighted by Gasteiger charge is -2.34. The topological polar surface area (TPSA) is 6.48 Å². The largest absolute Gasteiger partial charge is 0.310 e. The van der Waals surface area contributed by atoms with Crippen LogP contribution in [0.2, 0.25) is 0 Å². The van der Waals surface area contributed by atoms with Crippen LogP contribution in [0, 0.1) is 41.5 Å². The van der Waals surface area contributed by atoms with Crippen LogP contribution in [0.4, 0.5) is 34.1 Å². The molecule has 0 N–H and O–H groups in total. The predicted octanol–water partition coefficient (Wildman–Crippen LogP) is 22.3. The van der Waals surface area contributed by atoms with Crippen LogP contribution < -0.4 is 9.80 Å². The van der Waals surface area contributed by atoms with Gasteiger partial charge in [-0.25, -0.2) is 0 Å². The molecule has 0 aliphatic heterocycles. The fraction of sp³-hybridized carbons (Fsp3) is 0.265. The van der Waals surface area contributed by atoms with Gasteiger partial charge >= 0.3 is 0 Å². The summed E-state index contributed by atoms with van der Waals surface area (Å²) < 4.78 is 0. The van der Waals surface area contributed by atoms with Crippen LogP contribution in [0.15, 0.2) is 182 Å². The van der Waals surface area contributed by atoms with E-state index in [-0.39, 0.29) is 0 Å². The van der Waals surface area contributed by atoms with E-state index in [1.807, 2.05) is 83.1 Å². The van der Waals surface area contributed by atoms with Gasteiger partial charge in [-0.2, -0.15) is 0 Å². The summed E-state index contributed by atoms with van der Waals surface area (Å²) in [6.45, 7) is 38.0. The highest BCUT2D eigenvalue weighted by Crippen LogP contribution is 2.55. The summed E-state index contributed by atoms with van der Waals surface area (Å²) in [7, 11) is 0. The lowest BCUT2D eigenvalue weighted by Crippen LogP contribution is -2.15. The molecule has 0 atom stereocenters. The molecular formula is C68H84N2. The Morgan fingerprint density at radius 3 is 0.614 bits per heavy atom. The Bertz CT molecular complexity index is 2620. The molecule has 9 aromatic carbocycles. The highest BCUT2D eigenvalue weighted by molar-refractivity contribution is 6.26. The quantitative estimate of drug-likeness (QED) is 0.140. The van der Waals surface area contributed by atoms with Crippen LogP contribution >= 0.6 is 0 Å². The zero-order chi connectivity index (χ0) is 51.9. The zero-order valence-corrected chi connectivity index (χ0v) is 46.2. The summed E-state index contributed by atoms with van der Waals surface area (Å²) in [5, 5.41) is 5.21. The molecule has 0 aliphatic carbocycles. The summed E-state index contributed by atoms with van der Waals surface area (Å²) in [4.78, 5) is 4.92. The maximum absolute atomic E-state index is 2.46. The van der Waals surface area contributed by atoms with E-state index in [0.717, 1.165) is 22.7 Å². The van der Waals surface area contributed by atoms with Crippen LogP contribution in [-0.4, -0.2) is 0 Å². The molecule has 0 bridgehead atoms. The molecule has 0 saturated carbocycles. The maximum atomic E-state index is 2.46. The third-order valence-electron chi connectivity index (χ3n) is 12.2. The first kappa shape index (κ1) is 57.4. The molecule has 0 radical (unpaired) electrons. The monoisotopic (exact) mass is 929 g/mol. The van der Waals surface area contributed by atoms with E-state index in [1.54, 1.807) is 0 Å². The molecule has 0 heterocycles. The Morgan fingerprint density at radius 2 is 0.400 bits per heavy atom. The van der Waals surface area contributed by atoms with E-state index in [4.69, 9.17) is 0 Å². The smallest absolute Gasteiger partial charge is 0.0529 e. The molecule has 0 aromatic heterocycles. The molecule has 0 aliphatic rings. The van der Waals surface area contributed by atoms with E-state index in [1.165, 1.54) is 88.6 Å². The molecular weight excluding hydrogens is 845 g/mol. The van der Waals surface area contributed by atoms with Crippen LogP contribution in [-0.2, 0) is 0 Å². The predicted molar refractivity (Wildman–Crippen MR) is 318 cm³/mol. The van der Waals surface area contributed by atoms with Crippen molar-refractivity contribution in [3.63, 3.8) is 0 Å². The summed E-state index contributed by atoms with van der Waals surface area (Å²) >= 11 is 0. The summed E-state index contributed by atoms with van der Waals surface area (Å²) in [5.41, 5.74) is 19.6. The van der Waals surface area contributed by atoms with E-state index in [0.29, 0.717) is 0 Å². The first-order valence-corrected chi connectivity index (χ1v) is 26.3. The maximum Gasteiger partial charge on any atom is 0.0529 e. The van der Waals surface area contributed by atoms with Crippen molar-refractivity contribution < 1.29 is 0 Å². The third-order valence-corrected chi connectivity index (χ3v) is 12.2. The number of rotatable bonds is 8. The van der Waals surface area contributed by atoms with Crippen LogP contribution in [0.3, 0.4) is 0 Å². The van der Waals surface area contributed by atoms with Crippen molar-refractivity contribution in [2.75, 3.05) is 9.80 Å². The second-order valence-corrected chi connectivity index (χ2v) is 15.4. The summed E-state index contributed by atoms with van der Waals surface area (Å²) in [5.74, 6) is 0. The Labute approximate surface area is 425 Å². The molecule has 0 unspecified atom stereocenters. The second-order valence-electron chi connectivity index (χ2n) is 15.4. The lowest BCUT2D eigenvalue weighted by atomic mass is 9.77. The van der Waals surface area contributed by atoms with Gasteiger partial charge in [-0.05, 0) is 167 Å². The van der Waals surface area contributed by atoms with Gasteiger partial charge in [-0.3, -0.25) is 0 Å². The minimum absolute atomic E-state index is 1.14. The van der Waals surface area contributed by atoms with Gasteiger partial charge in [0.15, 0.2) is 0 Å². The minimum atomic E-state index is 1.14. The van der Waals surface area contributed by atoms with Gasteiger partial charge in [0.2, 0.25) is 0 Å². The third kappa shape index (κ3) is 11.7. The molecule has 0 spiro atoms. The molecule has 0 saturated heterocycles. The summed E-state index contributed by atoms with van der Waals surface area (Å²) in [6.07, 6.45) is 0. The Hall–Kier alpha value is -6.90. The number of para-hydroxylation sites is 4. The Kier molecular flexibility index (Phi) is 24.0. The van der Waals surface area contributed by atoms with E-state index in [9.17, 15) is 0 Å².